The Labute approximate surface area is 161 Å². The third-order valence-corrected chi connectivity index (χ3v) is 4.99. The SMILES string of the molecule is Cc1cc(OCC(=O)Nc2cccc(C)c2C)nc(N2CCCC(C)C2)n1. The smallest absolute Gasteiger partial charge is 0.262 e. The molecule has 1 aromatic carbocycles. The molecule has 1 fully saturated rings. The summed E-state index contributed by atoms with van der Waals surface area (Å²) in [7, 11) is 0. The Morgan fingerprint density at radius 3 is 2.89 bits per heavy atom. The van der Waals surface area contributed by atoms with Gasteiger partial charge in [0.25, 0.3) is 5.91 Å². The molecule has 1 saturated heterocycles. The zero-order chi connectivity index (χ0) is 19.4. The third-order valence-electron chi connectivity index (χ3n) is 4.99. The zero-order valence-electron chi connectivity index (χ0n) is 16.6. The first-order chi connectivity index (χ1) is 12.9. The van der Waals surface area contributed by atoms with Crippen molar-refractivity contribution in [3.8, 4) is 5.88 Å². The van der Waals surface area contributed by atoms with Crippen LogP contribution in [0, 0.1) is 26.7 Å². The van der Waals surface area contributed by atoms with Gasteiger partial charge in [-0.15, -0.1) is 0 Å². The lowest BCUT2D eigenvalue weighted by atomic mass is 10.0. The summed E-state index contributed by atoms with van der Waals surface area (Å²) in [5.41, 5.74) is 3.85. The molecule has 1 aliphatic rings. The summed E-state index contributed by atoms with van der Waals surface area (Å²) in [6.45, 7) is 10.0. The molecule has 27 heavy (non-hydrogen) atoms. The molecular formula is C21H28N4O2. The van der Waals surface area contributed by atoms with Gasteiger partial charge in [0.05, 0.1) is 0 Å². The van der Waals surface area contributed by atoms with E-state index in [0.29, 0.717) is 17.7 Å². The van der Waals surface area contributed by atoms with Gasteiger partial charge in [0.15, 0.2) is 6.61 Å². The minimum Gasteiger partial charge on any atom is -0.467 e. The predicted octanol–water partition coefficient (Wildman–Crippen LogP) is 3.66. The molecule has 6 nitrogen and oxygen atoms in total. The molecule has 1 N–H and O–H groups in total. The van der Waals surface area contributed by atoms with Crippen LogP contribution in [0.5, 0.6) is 5.88 Å². The van der Waals surface area contributed by atoms with Crippen LogP contribution in [-0.2, 0) is 4.79 Å². The maximum Gasteiger partial charge on any atom is 0.262 e. The van der Waals surface area contributed by atoms with Crippen molar-refractivity contribution in [2.45, 2.75) is 40.5 Å². The second-order valence-corrected chi connectivity index (χ2v) is 7.43. The van der Waals surface area contributed by atoms with Gasteiger partial charge in [-0.25, -0.2) is 4.98 Å². The van der Waals surface area contributed by atoms with E-state index in [1.807, 2.05) is 39.0 Å². The van der Waals surface area contributed by atoms with Crippen molar-refractivity contribution in [1.29, 1.82) is 0 Å². The van der Waals surface area contributed by atoms with Gasteiger partial charge in [0, 0.05) is 30.5 Å². The van der Waals surface area contributed by atoms with Gasteiger partial charge in [-0.2, -0.15) is 4.98 Å². The Bertz CT molecular complexity index is 822. The van der Waals surface area contributed by atoms with Crippen LogP contribution in [0.1, 0.15) is 36.6 Å². The molecule has 1 unspecified atom stereocenters. The van der Waals surface area contributed by atoms with E-state index in [1.165, 1.54) is 6.42 Å². The van der Waals surface area contributed by atoms with E-state index in [4.69, 9.17) is 4.74 Å². The van der Waals surface area contributed by atoms with Crippen molar-refractivity contribution < 1.29 is 9.53 Å². The fraction of sp³-hybridized carbons (Fsp3) is 0.476. The maximum absolute atomic E-state index is 12.3. The molecule has 2 aromatic rings. The second kappa shape index (κ2) is 8.37. The molecule has 3 rings (SSSR count). The van der Waals surface area contributed by atoms with Gasteiger partial charge in [-0.05, 0) is 56.7 Å². The van der Waals surface area contributed by atoms with Crippen LogP contribution >= 0.6 is 0 Å². The molecule has 0 spiro atoms. The summed E-state index contributed by atoms with van der Waals surface area (Å²) in [5, 5.41) is 2.90. The molecular weight excluding hydrogens is 340 g/mol. The maximum atomic E-state index is 12.3. The minimum absolute atomic E-state index is 0.0837. The van der Waals surface area contributed by atoms with E-state index >= 15 is 0 Å². The number of amides is 1. The summed E-state index contributed by atoms with van der Waals surface area (Å²) in [6, 6.07) is 7.61. The van der Waals surface area contributed by atoms with Gasteiger partial charge in [0.1, 0.15) is 0 Å². The highest BCUT2D eigenvalue weighted by Gasteiger charge is 2.19. The quantitative estimate of drug-likeness (QED) is 0.872. The Morgan fingerprint density at radius 1 is 1.30 bits per heavy atom. The summed E-state index contributed by atoms with van der Waals surface area (Å²) in [6.07, 6.45) is 2.39. The first-order valence-electron chi connectivity index (χ1n) is 9.52. The lowest BCUT2D eigenvalue weighted by molar-refractivity contribution is -0.118. The van der Waals surface area contributed by atoms with Crippen LogP contribution in [0.25, 0.3) is 0 Å². The van der Waals surface area contributed by atoms with E-state index in [9.17, 15) is 4.79 Å². The van der Waals surface area contributed by atoms with Crippen molar-refractivity contribution in [1.82, 2.24) is 9.97 Å². The van der Waals surface area contributed by atoms with Gasteiger partial charge >= 0.3 is 0 Å². The fourth-order valence-electron chi connectivity index (χ4n) is 3.32. The van der Waals surface area contributed by atoms with Crippen LogP contribution in [0.15, 0.2) is 24.3 Å². The number of ether oxygens (including phenoxy) is 1. The van der Waals surface area contributed by atoms with Crippen molar-refractivity contribution in [2.24, 2.45) is 5.92 Å². The van der Waals surface area contributed by atoms with E-state index < -0.39 is 0 Å². The molecule has 1 atom stereocenters. The Balaban J connectivity index is 1.63. The van der Waals surface area contributed by atoms with Gasteiger partial charge in [-0.3, -0.25) is 4.79 Å². The van der Waals surface area contributed by atoms with Gasteiger partial charge < -0.3 is 15.0 Å². The highest BCUT2D eigenvalue weighted by atomic mass is 16.5. The van der Waals surface area contributed by atoms with Gasteiger partial charge in [-0.1, -0.05) is 19.1 Å². The van der Waals surface area contributed by atoms with Crippen LogP contribution < -0.4 is 15.0 Å². The fourth-order valence-corrected chi connectivity index (χ4v) is 3.32. The number of nitrogens with zero attached hydrogens (tertiary/aromatic N) is 3. The summed E-state index contributed by atoms with van der Waals surface area (Å²) < 4.78 is 5.66. The topological polar surface area (TPSA) is 67.3 Å². The monoisotopic (exact) mass is 368 g/mol. The lowest BCUT2D eigenvalue weighted by Crippen LogP contribution is -2.35. The van der Waals surface area contributed by atoms with Crippen LogP contribution in [0.4, 0.5) is 11.6 Å². The van der Waals surface area contributed by atoms with E-state index in [1.54, 1.807) is 6.07 Å². The number of carbonyl (C=O) groups excluding carboxylic acids is 1. The predicted molar refractivity (Wildman–Crippen MR) is 107 cm³/mol. The van der Waals surface area contributed by atoms with Crippen molar-refractivity contribution in [3.63, 3.8) is 0 Å². The van der Waals surface area contributed by atoms with Crippen LogP contribution in [0.3, 0.4) is 0 Å². The van der Waals surface area contributed by atoms with Gasteiger partial charge in [0.2, 0.25) is 11.8 Å². The number of aryl methyl sites for hydroxylation is 2. The number of nitrogens with one attached hydrogen (secondary N) is 1. The number of hydrogen-bond donors (Lipinski definition) is 1. The summed E-state index contributed by atoms with van der Waals surface area (Å²) in [5.74, 6) is 1.56. The first-order valence-corrected chi connectivity index (χ1v) is 9.52. The number of benzene rings is 1. The largest absolute Gasteiger partial charge is 0.467 e. The average Bonchev–Trinajstić information content (AvgIpc) is 2.63. The Hall–Kier alpha value is -2.63. The van der Waals surface area contributed by atoms with Crippen LogP contribution in [0.2, 0.25) is 0 Å². The summed E-state index contributed by atoms with van der Waals surface area (Å²) >= 11 is 0. The first kappa shape index (κ1) is 19.1. The molecule has 0 saturated carbocycles. The standard InChI is InChI=1S/C21H28N4O2/c1-14-7-6-10-25(12-14)21-22-16(3)11-20(24-21)27-13-19(26)23-18-9-5-8-15(2)17(18)4/h5,8-9,11,14H,6-7,10,12-13H2,1-4H3,(H,23,26). The second-order valence-electron chi connectivity index (χ2n) is 7.43. The molecule has 1 amide bonds. The number of rotatable bonds is 5. The minimum atomic E-state index is -0.201. The highest BCUT2D eigenvalue weighted by molar-refractivity contribution is 5.92. The number of hydrogen-bond acceptors (Lipinski definition) is 5. The zero-order valence-corrected chi connectivity index (χ0v) is 16.6. The number of carbonyl (C=O) groups is 1. The van der Waals surface area contributed by atoms with Crippen LogP contribution in [-0.4, -0.2) is 35.6 Å². The molecule has 2 heterocycles. The normalized spacial score (nSPS) is 16.9. The van der Waals surface area contributed by atoms with E-state index in [2.05, 4.69) is 27.1 Å². The van der Waals surface area contributed by atoms with Crippen molar-refractivity contribution in [3.05, 3.63) is 41.1 Å². The van der Waals surface area contributed by atoms with Crippen molar-refractivity contribution >= 4 is 17.5 Å². The number of anilines is 2. The molecule has 1 aliphatic heterocycles. The molecule has 0 bridgehead atoms. The number of aromatic nitrogens is 2. The molecule has 1 aromatic heterocycles. The molecule has 0 aliphatic carbocycles. The lowest BCUT2D eigenvalue weighted by Gasteiger charge is -2.31. The third kappa shape index (κ3) is 4.96. The molecule has 6 heteroatoms. The number of piperidine rings is 1. The molecule has 144 valence electrons. The van der Waals surface area contributed by atoms with Crippen molar-refractivity contribution in [2.75, 3.05) is 29.9 Å². The highest BCUT2D eigenvalue weighted by Crippen LogP contribution is 2.22. The Morgan fingerprint density at radius 2 is 2.11 bits per heavy atom. The molecule has 0 radical (unpaired) electrons. The average molecular weight is 368 g/mol. The Kier molecular flexibility index (Phi) is 5.94. The van der Waals surface area contributed by atoms with E-state index in [0.717, 1.165) is 42.0 Å². The van der Waals surface area contributed by atoms with E-state index in [-0.39, 0.29) is 12.5 Å². The summed E-state index contributed by atoms with van der Waals surface area (Å²) in [4.78, 5) is 23.5.